The summed E-state index contributed by atoms with van der Waals surface area (Å²) in [5, 5.41) is 16.6. The molecular weight excluding hydrogens is 378 g/mol. The maximum Gasteiger partial charge on any atom is 0.227 e. The number of benzene rings is 1. The molecule has 7 nitrogen and oxygen atoms in total. The first-order valence-corrected chi connectivity index (χ1v) is 9.20. The molecule has 0 bridgehead atoms. The summed E-state index contributed by atoms with van der Waals surface area (Å²) >= 11 is 6.34. The van der Waals surface area contributed by atoms with Gasteiger partial charge in [0.15, 0.2) is 0 Å². The summed E-state index contributed by atoms with van der Waals surface area (Å²) in [7, 11) is 1.57. The summed E-state index contributed by atoms with van der Waals surface area (Å²) < 4.78 is 5.24. The minimum atomic E-state index is -0.361. The van der Waals surface area contributed by atoms with Crippen LogP contribution in [0.2, 0.25) is 5.02 Å². The van der Waals surface area contributed by atoms with Crippen molar-refractivity contribution in [3.05, 3.63) is 53.3 Å². The highest BCUT2D eigenvalue weighted by atomic mass is 35.5. The van der Waals surface area contributed by atoms with E-state index in [1.807, 2.05) is 31.2 Å². The van der Waals surface area contributed by atoms with Gasteiger partial charge in [0, 0.05) is 35.5 Å². The molecule has 1 aromatic carbocycles. The van der Waals surface area contributed by atoms with Gasteiger partial charge in [-0.15, -0.1) is 0 Å². The van der Waals surface area contributed by atoms with Gasteiger partial charge in [0.25, 0.3) is 0 Å². The summed E-state index contributed by atoms with van der Waals surface area (Å²) in [5.41, 5.74) is 2.85. The number of hydrogen-bond donors (Lipinski definition) is 3. The van der Waals surface area contributed by atoms with Crippen LogP contribution in [-0.2, 0) is 5.41 Å². The Hall–Kier alpha value is -2.90. The third-order valence-corrected chi connectivity index (χ3v) is 5.30. The van der Waals surface area contributed by atoms with Gasteiger partial charge in [-0.2, -0.15) is 0 Å². The SMILES string of the molecule is COc1cccc(Nc2nccc(-c3cnc4c(c3)C(C)(CO)CN4)n2)c1Cl. The first kappa shape index (κ1) is 18.5. The molecular formula is C20H20ClN5O2. The van der Waals surface area contributed by atoms with E-state index in [0.29, 0.717) is 29.0 Å². The van der Waals surface area contributed by atoms with Crippen LogP contribution in [0.1, 0.15) is 12.5 Å². The number of methoxy groups -OCH3 is 1. The third kappa shape index (κ3) is 3.23. The second-order valence-corrected chi connectivity index (χ2v) is 7.28. The summed E-state index contributed by atoms with van der Waals surface area (Å²) in [6, 6.07) is 9.29. The van der Waals surface area contributed by atoms with E-state index < -0.39 is 0 Å². The van der Waals surface area contributed by atoms with Gasteiger partial charge >= 0.3 is 0 Å². The molecule has 3 heterocycles. The lowest BCUT2D eigenvalue weighted by atomic mass is 9.85. The van der Waals surface area contributed by atoms with E-state index in [1.54, 1.807) is 25.6 Å². The molecule has 0 saturated heterocycles. The second-order valence-electron chi connectivity index (χ2n) is 6.90. The molecule has 1 atom stereocenters. The molecule has 0 radical (unpaired) electrons. The maximum atomic E-state index is 9.78. The van der Waals surface area contributed by atoms with Gasteiger partial charge in [-0.3, -0.25) is 0 Å². The number of aliphatic hydroxyl groups excluding tert-OH is 1. The van der Waals surface area contributed by atoms with Gasteiger partial charge in [0.2, 0.25) is 5.95 Å². The second kappa shape index (κ2) is 7.26. The van der Waals surface area contributed by atoms with Crippen molar-refractivity contribution < 1.29 is 9.84 Å². The highest BCUT2D eigenvalue weighted by molar-refractivity contribution is 6.34. The Morgan fingerprint density at radius 3 is 2.96 bits per heavy atom. The highest BCUT2D eigenvalue weighted by Gasteiger charge is 2.35. The molecule has 1 unspecified atom stereocenters. The van der Waals surface area contributed by atoms with Crippen LogP contribution < -0.4 is 15.4 Å². The average molecular weight is 398 g/mol. The predicted octanol–water partition coefficient (Wildman–Crippen LogP) is 3.62. The Balaban J connectivity index is 1.66. The number of pyridine rings is 1. The van der Waals surface area contributed by atoms with E-state index in [-0.39, 0.29) is 12.0 Å². The predicted molar refractivity (Wildman–Crippen MR) is 109 cm³/mol. The van der Waals surface area contributed by atoms with Gasteiger partial charge in [-0.05, 0) is 24.3 Å². The first-order valence-electron chi connectivity index (χ1n) is 8.82. The van der Waals surface area contributed by atoms with Crippen molar-refractivity contribution >= 4 is 29.1 Å². The molecule has 0 fully saturated rings. The van der Waals surface area contributed by atoms with Gasteiger partial charge in [0.05, 0.1) is 25.1 Å². The number of rotatable bonds is 5. The van der Waals surface area contributed by atoms with E-state index in [1.165, 1.54) is 0 Å². The minimum absolute atomic E-state index is 0.0447. The van der Waals surface area contributed by atoms with Crippen molar-refractivity contribution in [3.63, 3.8) is 0 Å². The van der Waals surface area contributed by atoms with Crippen molar-refractivity contribution in [2.75, 3.05) is 30.9 Å². The number of ether oxygens (including phenoxy) is 1. The Morgan fingerprint density at radius 1 is 1.32 bits per heavy atom. The van der Waals surface area contributed by atoms with Crippen LogP contribution in [0.15, 0.2) is 42.7 Å². The molecule has 4 rings (SSSR count). The Labute approximate surface area is 167 Å². The zero-order valence-electron chi connectivity index (χ0n) is 15.5. The fourth-order valence-corrected chi connectivity index (χ4v) is 3.44. The van der Waals surface area contributed by atoms with Gasteiger partial charge in [-0.25, -0.2) is 15.0 Å². The number of aromatic nitrogens is 3. The number of fused-ring (bicyclic) bond motifs is 1. The standard InChI is InChI=1S/C20H20ClN5O2/c1-20(11-27)10-24-18-13(20)8-12(9-23-18)14-6-7-22-19(25-14)26-15-4-3-5-16(28-2)17(15)21/h3-9,27H,10-11H2,1-2H3,(H,23,24)(H,22,25,26). The topological polar surface area (TPSA) is 92.2 Å². The van der Waals surface area contributed by atoms with E-state index >= 15 is 0 Å². The lowest BCUT2D eigenvalue weighted by Gasteiger charge is -2.20. The van der Waals surface area contributed by atoms with Crippen molar-refractivity contribution in [3.8, 4) is 17.0 Å². The quantitative estimate of drug-likeness (QED) is 0.605. The van der Waals surface area contributed by atoms with Crippen LogP contribution in [0.25, 0.3) is 11.3 Å². The van der Waals surface area contributed by atoms with E-state index in [0.717, 1.165) is 22.6 Å². The number of halogens is 1. The Bertz CT molecular complexity index is 1030. The first-order chi connectivity index (χ1) is 13.5. The third-order valence-electron chi connectivity index (χ3n) is 4.91. The van der Waals surface area contributed by atoms with Gasteiger partial charge in [-0.1, -0.05) is 24.6 Å². The molecule has 2 aromatic heterocycles. The normalized spacial score (nSPS) is 17.7. The van der Waals surface area contributed by atoms with Crippen molar-refractivity contribution in [2.45, 2.75) is 12.3 Å². The Morgan fingerprint density at radius 2 is 2.18 bits per heavy atom. The molecule has 0 aliphatic carbocycles. The summed E-state index contributed by atoms with van der Waals surface area (Å²) in [5.74, 6) is 1.79. The number of aliphatic hydroxyl groups is 1. The maximum absolute atomic E-state index is 9.78. The zero-order chi connectivity index (χ0) is 19.7. The van der Waals surface area contributed by atoms with Crippen LogP contribution in [0.5, 0.6) is 5.75 Å². The minimum Gasteiger partial charge on any atom is -0.495 e. The lowest BCUT2D eigenvalue weighted by Crippen LogP contribution is -2.28. The molecule has 1 aliphatic rings. The van der Waals surface area contributed by atoms with Crippen LogP contribution >= 0.6 is 11.6 Å². The molecule has 0 saturated carbocycles. The zero-order valence-corrected chi connectivity index (χ0v) is 16.3. The number of nitrogens with zero attached hydrogens (tertiary/aromatic N) is 3. The lowest BCUT2D eigenvalue weighted by molar-refractivity contribution is 0.218. The molecule has 8 heteroatoms. The fraction of sp³-hybridized carbons (Fsp3) is 0.250. The molecule has 28 heavy (non-hydrogen) atoms. The van der Waals surface area contributed by atoms with Crippen molar-refractivity contribution in [1.29, 1.82) is 0 Å². The molecule has 3 N–H and O–H groups in total. The molecule has 3 aromatic rings. The van der Waals surface area contributed by atoms with Crippen LogP contribution in [0.3, 0.4) is 0 Å². The van der Waals surface area contributed by atoms with Crippen LogP contribution in [-0.4, -0.2) is 40.3 Å². The van der Waals surface area contributed by atoms with Gasteiger partial charge in [0.1, 0.15) is 16.6 Å². The fourth-order valence-electron chi connectivity index (χ4n) is 3.19. The van der Waals surface area contributed by atoms with Crippen molar-refractivity contribution in [2.24, 2.45) is 0 Å². The largest absolute Gasteiger partial charge is 0.495 e. The molecule has 0 amide bonds. The highest BCUT2D eigenvalue weighted by Crippen LogP contribution is 2.37. The summed E-state index contributed by atoms with van der Waals surface area (Å²) in [6.45, 7) is 2.71. The summed E-state index contributed by atoms with van der Waals surface area (Å²) in [6.07, 6.45) is 3.44. The Kier molecular flexibility index (Phi) is 4.78. The number of nitrogens with one attached hydrogen (secondary N) is 2. The van der Waals surface area contributed by atoms with E-state index in [9.17, 15) is 5.11 Å². The van der Waals surface area contributed by atoms with Crippen molar-refractivity contribution in [1.82, 2.24) is 15.0 Å². The van der Waals surface area contributed by atoms with Crippen LogP contribution in [0, 0.1) is 0 Å². The monoisotopic (exact) mass is 397 g/mol. The molecule has 144 valence electrons. The number of hydrogen-bond acceptors (Lipinski definition) is 7. The van der Waals surface area contributed by atoms with E-state index in [2.05, 4.69) is 25.6 Å². The average Bonchev–Trinajstić information content (AvgIpc) is 3.07. The van der Waals surface area contributed by atoms with E-state index in [4.69, 9.17) is 16.3 Å². The smallest absolute Gasteiger partial charge is 0.227 e. The molecule has 1 aliphatic heterocycles. The number of anilines is 3. The van der Waals surface area contributed by atoms with Gasteiger partial charge < -0.3 is 20.5 Å². The molecule has 0 spiro atoms. The summed E-state index contributed by atoms with van der Waals surface area (Å²) in [4.78, 5) is 13.4. The van der Waals surface area contributed by atoms with Crippen LogP contribution in [0.4, 0.5) is 17.5 Å².